The third kappa shape index (κ3) is 4.79. The lowest BCUT2D eigenvalue weighted by atomic mass is 10.2. The van der Waals surface area contributed by atoms with Crippen LogP contribution in [0.4, 0.5) is 4.39 Å². The second-order valence-electron chi connectivity index (χ2n) is 6.70. The van der Waals surface area contributed by atoms with E-state index in [4.69, 9.17) is 12.2 Å². The zero-order valence-corrected chi connectivity index (χ0v) is 17.6. The molecule has 0 bridgehead atoms. The highest BCUT2D eigenvalue weighted by Crippen LogP contribution is 2.32. The first-order valence-corrected chi connectivity index (χ1v) is 11.7. The van der Waals surface area contributed by atoms with Crippen molar-refractivity contribution < 1.29 is 22.4 Å². The molecule has 1 aromatic carbocycles. The molecular weight excluding hydrogens is 423 g/mol. The SMILES string of the molecule is CN(C(=O)CCN1C(=O)C(=Cc2cccc(F)c2)SC1=S)C1CCS(=O)(=O)C1. The van der Waals surface area contributed by atoms with Gasteiger partial charge in [0.25, 0.3) is 5.91 Å². The van der Waals surface area contributed by atoms with Gasteiger partial charge in [0.05, 0.1) is 16.4 Å². The van der Waals surface area contributed by atoms with Crippen LogP contribution in [0.2, 0.25) is 0 Å². The van der Waals surface area contributed by atoms with E-state index in [2.05, 4.69) is 0 Å². The highest BCUT2D eigenvalue weighted by molar-refractivity contribution is 8.26. The van der Waals surface area contributed by atoms with Gasteiger partial charge in [0.1, 0.15) is 10.1 Å². The standard InChI is InChI=1S/C18H19FN2O4S3/c1-20(14-6-8-28(24,25)11-14)16(22)5-7-21-17(23)15(27-18(21)26)10-12-3-2-4-13(19)9-12/h2-4,9-10,14H,5-8,11H2,1H3. The van der Waals surface area contributed by atoms with Crippen molar-refractivity contribution in [3.63, 3.8) is 0 Å². The average molecular weight is 443 g/mol. The van der Waals surface area contributed by atoms with E-state index in [1.807, 2.05) is 0 Å². The maximum Gasteiger partial charge on any atom is 0.266 e. The van der Waals surface area contributed by atoms with Crippen molar-refractivity contribution >= 4 is 56.0 Å². The fourth-order valence-electron chi connectivity index (χ4n) is 3.11. The maximum absolute atomic E-state index is 13.3. The summed E-state index contributed by atoms with van der Waals surface area (Å²) in [5.41, 5.74) is 0.554. The van der Waals surface area contributed by atoms with Gasteiger partial charge in [-0.05, 0) is 30.2 Å². The molecule has 0 saturated carbocycles. The van der Waals surface area contributed by atoms with Gasteiger partial charge >= 0.3 is 0 Å². The largest absolute Gasteiger partial charge is 0.342 e. The summed E-state index contributed by atoms with van der Waals surface area (Å²) < 4.78 is 36.8. The Morgan fingerprint density at radius 2 is 2.21 bits per heavy atom. The van der Waals surface area contributed by atoms with Gasteiger partial charge < -0.3 is 4.90 Å². The summed E-state index contributed by atoms with van der Waals surface area (Å²) in [4.78, 5) is 28.2. The minimum atomic E-state index is -3.08. The highest BCUT2D eigenvalue weighted by Gasteiger charge is 2.35. The molecule has 2 aliphatic rings. The Balaban J connectivity index is 1.61. The van der Waals surface area contributed by atoms with Crippen LogP contribution in [0.1, 0.15) is 18.4 Å². The first-order chi connectivity index (χ1) is 13.2. The van der Waals surface area contributed by atoms with E-state index in [9.17, 15) is 22.4 Å². The van der Waals surface area contributed by atoms with E-state index in [-0.39, 0.29) is 42.3 Å². The predicted octanol–water partition coefficient (Wildman–Crippen LogP) is 2.06. The third-order valence-electron chi connectivity index (χ3n) is 4.72. The molecule has 0 aromatic heterocycles. The predicted molar refractivity (Wildman–Crippen MR) is 111 cm³/mol. The summed E-state index contributed by atoms with van der Waals surface area (Å²) in [7, 11) is -1.49. The van der Waals surface area contributed by atoms with Crippen LogP contribution in [-0.2, 0) is 19.4 Å². The molecule has 1 unspecified atom stereocenters. The molecule has 2 saturated heterocycles. The molecule has 0 radical (unpaired) electrons. The van der Waals surface area contributed by atoms with Gasteiger partial charge in [0.15, 0.2) is 9.84 Å². The molecule has 10 heteroatoms. The lowest BCUT2D eigenvalue weighted by Gasteiger charge is -2.24. The molecule has 0 spiro atoms. The molecule has 0 N–H and O–H groups in total. The molecule has 3 rings (SSSR count). The van der Waals surface area contributed by atoms with Gasteiger partial charge in [-0.15, -0.1) is 0 Å². The first-order valence-electron chi connectivity index (χ1n) is 8.63. The summed E-state index contributed by atoms with van der Waals surface area (Å²) >= 11 is 6.35. The minimum Gasteiger partial charge on any atom is -0.342 e. The number of hydrogen-bond acceptors (Lipinski definition) is 6. The van der Waals surface area contributed by atoms with Crippen LogP contribution in [0.25, 0.3) is 6.08 Å². The van der Waals surface area contributed by atoms with Crippen LogP contribution < -0.4 is 0 Å². The fourth-order valence-corrected chi connectivity index (χ4v) is 6.19. The topological polar surface area (TPSA) is 74.8 Å². The zero-order valence-electron chi connectivity index (χ0n) is 15.1. The summed E-state index contributed by atoms with van der Waals surface area (Å²) in [5.74, 6) is -0.878. The Kier molecular flexibility index (Phi) is 6.21. The Morgan fingerprint density at radius 1 is 1.46 bits per heavy atom. The summed E-state index contributed by atoms with van der Waals surface area (Å²) in [5, 5.41) is 0. The molecule has 0 aliphatic carbocycles. The normalized spacial score (nSPS) is 22.9. The molecule has 2 aliphatic heterocycles. The van der Waals surface area contributed by atoms with E-state index < -0.39 is 15.7 Å². The van der Waals surface area contributed by atoms with Crippen molar-refractivity contribution in [3.05, 3.63) is 40.6 Å². The van der Waals surface area contributed by atoms with E-state index in [1.54, 1.807) is 25.3 Å². The number of carbonyl (C=O) groups excluding carboxylic acids is 2. The van der Waals surface area contributed by atoms with Crippen LogP contribution in [-0.4, -0.2) is 65.5 Å². The molecule has 150 valence electrons. The number of amides is 2. The average Bonchev–Trinajstić information content (AvgIpc) is 3.11. The van der Waals surface area contributed by atoms with Gasteiger partial charge in [-0.25, -0.2) is 12.8 Å². The van der Waals surface area contributed by atoms with Gasteiger partial charge in [0.2, 0.25) is 5.91 Å². The highest BCUT2D eigenvalue weighted by atomic mass is 32.2. The Hall–Kier alpha value is -1.78. The van der Waals surface area contributed by atoms with Crippen LogP contribution in [0.3, 0.4) is 0 Å². The van der Waals surface area contributed by atoms with Gasteiger partial charge in [-0.1, -0.05) is 36.1 Å². The van der Waals surface area contributed by atoms with Crippen molar-refractivity contribution in [1.29, 1.82) is 0 Å². The monoisotopic (exact) mass is 442 g/mol. The second-order valence-corrected chi connectivity index (χ2v) is 10.6. The van der Waals surface area contributed by atoms with Crippen molar-refractivity contribution in [1.82, 2.24) is 9.80 Å². The van der Waals surface area contributed by atoms with Crippen LogP contribution in [0.5, 0.6) is 0 Å². The van der Waals surface area contributed by atoms with E-state index in [1.165, 1.54) is 21.9 Å². The molecule has 6 nitrogen and oxygen atoms in total. The molecule has 1 atom stereocenters. The zero-order chi connectivity index (χ0) is 20.5. The lowest BCUT2D eigenvalue weighted by Crippen LogP contribution is -2.40. The molecular formula is C18H19FN2O4S3. The van der Waals surface area contributed by atoms with Crippen molar-refractivity contribution in [2.45, 2.75) is 18.9 Å². The van der Waals surface area contributed by atoms with Crippen LogP contribution in [0.15, 0.2) is 29.2 Å². The third-order valence-corrected chi connectivity index (χ3v) is 7.85. The summed E-state index contributed by atoms with van der Waals surface area (Å²) in [6.45, 7) is 0.119. The number of sulfone groups is 1. The maximum atomic E-state index is 13.3. The number of rotatable bonds is 5. The Morgan fingerprint density at radius 3 is 2.86 bits per heavy atom. The lowest BCUT2D eigenvalue weighted by molar-refractivity contribution is -0.132. The van der Waals surface area contributed by atoms with Crippen LogP contribution in [0, 0.1) is 5.82 Å². The van der Waals surface area contributed by atoms with Crippen LogP contribution >= 0.6 is 24.0 Å². The fraction of sp³-hybridized carbons (Fsp3) is 0.389. The molecule has 28 heavy (non-hydrogen) atoms. The summed E-state index contributed by atoms with van der Waals surface area (Å²) in [6.07, 6.45) is 2.05. The van der Waals surface area contributed by atoms with E-state index in [0.717, 1.165) is 11.8 Å². The van der Waals surface area contributed by atoms with Gasteiger partial charge in [-0.3, -0.25) is 14.5 Å². The number of carbonyl (C=O) groups is 2. The van der Waals surface area contributed by atoms with Crippen molar-refractivity contribution in [2.24, 2.45) is 0 Å². The van der Waals surface area contributed by atoms with Crippen molar-refractivity contribution in [2.75, 3.05) is 25.1 Å². The van der Waals surface area contributed by atoms with Gasteiger partial charge in [-0.2, -0.15) is 0 Å². The quantitative estimate of drug-likeness (QED) is 0.513. The summed E-state index contributed by atoms with van der Waals surface area (Å²) in [6, 6.07) is 5.56. The van der Waals surface area contributed by atoms with E-state index >= 15 is 0 Å². The molecule has 1 aromatic rings. The van der Waals surface area contributed by atoms with Gasteiger partial charge in [0, 0.05) is 26.1 Å². The Bertz CT molecular complexity index is 961. The molecule has 2 fully saturated rings. The smallest absolute Gasteiger partial charge is 0.266 e. The number of hydrogen-bond donors (Lipinski definition) is 0. The molecule has 2 amide bonds. The molecule has 2 heterocycles. The van der Waals surface area contributed by atoms with Crippen molar-refractivity contribution in [3.8, 4) is 0 Å². The van der Waals surface area contributed by atoms with E-state index in [0.29, 0.717) is 21.2 Å². The second kappa shape index (κ2) is 8.30. The Labute approximate surface area is 172 Å². The number of nitrogens with zero attached hydrogens (tertiary/aromatic N) is 2. The number of thiocarbonyl (C=S) groups is 1. The number of benzene rings is 1. The number of thioether (sulfide) groups is 1. The first kappa shape index (κ1) is 20.9. The minimum absolute atomic E-state index is 0.0212. The number of halogens is 1.